The average molecular weight is 128 g/mol. The van der Waals surface area contributed by atoms with Gasteiger partial charge < -0.3 is 10.5 Å². The van der Waals surface area contributed by atoms with Crippen LogP contribution in [0.15, 0.2) is 0 Å². The molecule has 2 saturated heterocycles. The summed E-state index contributed by atoms with van der Waals surface area (Å²) in [6.07, 6.45) is 0.332. The summed E-state index contributed by atoms with van der Waals surface area (Å²) in [4.78, 5) is 2.36. The first-order chi connectivity index (χ1) is 4.36. The summed E-state index contributed by atoms with van der Waals surface area (Å²) < 4.78 is 5.41. The van der Waals surface area contributed by atoms with Gasteiger partial charge in [-0.15, -0.1) is 0 Å². The molecule has 2 aliphatic rings. The van der Waals surface area contributed by atoms with Gasteiger partial charge in [-0.25, -0.2) is 0 Å². The Labute approximate surface area is 54.8 Å². The quantitative estimate of drug-likeness (QED) is 0.456. The van der Waals surface area contributed by atoms with E-state index in [0.717, 1.165) is 26.2 Å². The molecule has 3 heteroatoms. The van der Waals surface area contributed by atoms with Crippen molar-refractivity contribution < 1.29 is 4.74 Å². The summed E-state index contributed by atoms with van der Waals surface area (Å²) in [7, 11) is 0. The van der Waals surface area contributed by atoms with Gasteiger partial charge in [-0.2, -0.15) is 0 Å². The Morgan fingerprint density at radius 1 is 1.44 bits per heavy atom. The van der Waals surface area contributed by atoms with Crippen LogP contribution in [0.4, 0.5) is 0 Å². The van der Waals surface area contributed by atoms with Gasteiger partial charge in [0.15, 0.2) is 0 Å². The van der Waals surface area contributed by atoms with Gasteiger partial charge in [-0.1, -0.05) is 0 Å². The first-order valence-electron chi connectivity index (χ1n) is 3.46. The maximum Gasteiger partial charge on any atom is 0.0865 e. The van der Waals surface area contributed by atoms with Gasteiger partial charge in [0.1, 0.15) is 0 Å². The maximum absolute atomic E-state index is 5.75. The molecule has 9 heavy (non-hydrogen) atoms. The zero-order chi connectivity index (χ0) is 6.27. The van der Waals surface area contributed by atoms with Crippen molar-refractivity contribution in [3.8, 4) is 0 Å². The van der Waals surface area contributed by atoms with Gasteiger partial charge in [0.05, 0.1) is 12.7 Å². The Morgan fingerprint density at radius 3 is 3.00 bits per heavy atom. The lowest BCUT2D eigenvalue weighted by molar-refractivity contribution is 0.0135. The fourth-order valence-corrected chi connectivity index (χ4v) is 1.57. The molecule has 2 aliphatic heterocycles. The van der Waals surface area contributed by atoms with E-state index in [1.165, 1.54) is 0 Å². The smallest absolute Gasteiger partial charge is 0.0865 e. The van der Waals surface area contributed by atoms with Gasteiger partial charge in [0.25, 0.3) is 0 Å². The van der Waals surface area contributed by atoms with E-state index in [2.05, 4.69) is 4.90 Å². The van der Waals surface area contributed by atoms with E-state index in [1.54, 1.807) is 0 Å². The number of ether oxygens (including phenoxy) is 1. The predicted octanol–water partition coefficient (Wildman–Crippen LogP) is -0.972. The van der Waals surface area contributed by atoms with Gasteiger partial charge in [-0.3, -0.25) is 4.90 Å². The Bertz CT molecular complexity index is 116. The molecule has 2 N–H and O–H groups in total. The molecule has 0 aromatic rings. The lowest BCUT2D eigenvalue weighted by Crippen LogP contribution is -2.37. The standard InChI is InChI=1S/C6H12N2O/c7-5-3-8-1-2-9-6(5)4-8/h5-6H,1-4,7H2. The molecule has 52 valence electrons. The first kappa shape index (κ1) is 5.65. The Kier molecular flexibility index (Phi) is 1.22. The van der Waals surface area contributed by atoms with Crippen LogP contribution in [0.2, 0.25) is 0 Å². The molecular weight excluding hydrogens is 116 g/mol. The lowest BCUT2D eigenvalue weighted by Gasteiger charge is -2.21. The second-order valence-corrected chi connectivity index (χ2v) is 2.83. The fraction of sp³-hybridized carbons (Fsp3) is 1.00. The minimum absolute atomic E-state index is 0.271. The van der Waals surface area contributed by atoms with Crippen molar-refractivity contribution in [3.63, 3.8) is 0 Å². The molecule has 0 aromatic heterocycles. The highest BCUT2D eigenvalue weighted by Crippen LogP contribution is 2.15. The van der Waals surface area contributed by atoms with Crippen molar-refractivity contribution >= 4 is 0 Å². The Hall–Kier alpha value is -0.120. The molecule has 2 fully saturated rings. The van der Waals surface area contributed by atoms with Crippen LogP contribution in [0.1, 0.15) is 0 Å². The van der Waals surface area contributed by atoms with Gasteiger partial charge in [0.2, 0.25) is 0 Å². The van der Waals surface area contributed by atoms with Crippen LogP contribution >= 0.6 is 0 Å². The monoisotopic (exact) mass is 128 g/mol. The summed E-state index contributed by atoms with van der Waals surface area (Å²) >= 11 is 0. The van der Waals surface area contributed by atoms with Crippen molar-refractivity contribution in [2.75, 3.05) is 26.2 Å². The summed E-state index contributed by atoms with van der Waals surface area (Å²) in [5, 5.41) is 0. The van der Waals surface area contributed by atoms with E-state index in [-0.39, 0.29) is 6.04 Å². The number of hydrogen-bond donors (Lipinski definition) is 1. The number of morpholine rings is 1. The van der Waals surface area contributed by atoms with Gasteiger partial charge >= 0.3 is 0 Å². The summed E-state index contributed by atoms with van der Waals surface area (Å²) in [6.45, 7) is 4.04. The molecule has 0 spiro atoms. The molecule has 0 saturated carbocycles. The molecule has 0 amide bonds. The Balaban J connectivity index is 2.07. The SMILES string of the molecule is NC1CN2CCOC1C2. The van der Waals surface area contributed by atoms with Crippen LogP contribution in [-0.2, 0) is 4.74 Å². The molecule has 2 rings (SSSR count). The highest BCUT2D eigenvalue weighted by atomic mass is 16.5. The number of rotatable bonds is 0. The molecule has 0 radical (unpaired) electrons. The highest BCUT2D eigenvalue weighted by Gasteiger charge is 2.33. The molecule has 3 unspecified atom stereocenters. The molecule has 0 aromatic carbocycles. The van der Waals surface area contributed by atoms with E-state index in [1.807, 2.05) is 0 Å². The Morgan fingerprint density at radius 2 is 2.33 bits per heavy atom. The van der Waals surface area contributed by atoms with E-state index in [0.29, 0.717) is 6.10 Å². The van der Waals surface area contributed by atoms with Crippen LogP contribution in [-0.4, -0.2) is 43.3 Å². The fourth-order valence-electron chi connectivity index (χ4n) is 1.57. The zero-order valence-corrected chi connectivity index (χ0v) is 5.42. The molecule has 3 nitrogen and oxygen atoms in total. The van der Waals surface area contributed by atoms with Gasteiger partial charge in [-0.05, 0) is 0 Å². The molecule has 0 aliphatic carbocycles. The first-order valence-corrected chi connectivity index (χ1v) is 3.46. The number of nitrogens with zero attached hydrogens (tertiary/aromatic N) is 1. The van der Waals surface area contributed by atoms with E-state index in [4.69, 9.17) is 10.5 Å². The summed E-state index contributed by atoms with van der Waals surface area (Å²) in [5.41, 5.74) is 5.75. The lowest BCUT2D eigenvalue weighted by atomic mass is 10.2. The van der Waals surface area contributed by atoms with Crippen molar-refractivity contribution in [2.45, 2.75) is 12.1 Å². The molecule has 3 atom stereocenters. The average Bonchev–Trinajstić information content (AvgIpc) is 2.09. The van der Waals surface area contributed by atoms with E-state index < -0.39 is 0 Å². The van der Waals surface area contributed by atoms with Crippen molar-refractivity contribution in [3.05, 3.63) is 0 Å². The topological polar surface area (TPSA) is 38.5 Å². The molecule has 2 heterocycles. The number of nitrogens with two attached hydrogens (primary N) is 1. The minimum atomic E-state index is 0.271. The number of hydrogen-bond acceptors (Lipinski definition) is 3. The van der Waals surface area contributed by atoms with Crippen molar-refractivity contribution in [1.82, 2.24) is 4.90 Å². The molecular formula is C6H12N2O. The van der Waals surface area contributed by atoms with Crippen LogP contribution in [0, 0.1) is 0 Å². The minimum Gasteiger partial charge on any atom is -0.374 e. The van der Waals surface area contributed by atoms with Gasteiger partial charge in [0, 0.05) is 25.7 Å². The van der Waals surface area contributed by atoms with Crippen LogP contribution < -0.4 is 5.73 Å². The van der Waals surface area contributed by atoms with Crippen molar-refractivity contribution in [1.29, 1.82) is 0 Å². The highest BCUT2D eigenvalue weighted by molar-refractivity contribution is 4.90. The summed E-state index contributed by atoms with van der Waals surface area (Å²) in [5.74, 6) is 0. The second-order valence-electron chi connectivity index (χ2n) is 2.83. The third kappa shape index (κ3) is 0.852. The number of fused-ring (bicyclic) bond motifs is 2. The third-order valence-corrected chi connectivity index (χ3v) is 2.12. The van der Waals surface area contributed by atoms with Crippen LogP contribution in [0.25, 0.3) is 0 Å². The van der Waals surface area contributed by atoms with Crippen LogP contribution in [0.5, 0.6) is 0 Å². The normalized spacial score (nSPS) is 49.7. The summed E-state index contributed by atoms with van der Waals surface area (Å²) in [6, 6.07) is 0.271. The second kappa shape index (κ2) is 1.94. The van der Waals surface area contributed by atoms with E-state index >= 15 is 0 Å². The predicted molar refractivity (Wildman–Crippen MR) is 34.2 cm³/mol. The maximum atomic E-state index is 5.75. The third-order valence-electron chi connectivity index (χ3n) is 2.12. The van der Waals surface area contributed by atoms with Crippen molar-refractivity contribution in [2.24, 2.45) is 5.73 Å². The largest absolute Gasteiger partial charge is 0.374 e. The van der Waals surface area contributed by atoms with E-state index in [9.17, 15) is 0 Å². The molecule has 2 bridgehead atoms. The zero-order valence-electron chi connectivity index (χ0n) is 5.42. The van der Waals surface area contributed by atoms with Crippen LogP contribution in [0.3, 0.4) is 0 Å².